The van der Waals surface area contributed by atoms with Crippen LogP contribution in [0.4, 0.5) is 26.3 Å². The molecule has 9 heteroatoms. The van der Waals surface area contributed by atoms with E-state index in [0.29, 0.717) is 0 Å². The molecule has 2 nitrogen and oxygen atoms in total. The van der Waals surface area contributed by atoms with Gasteiger partial charge in [0.2, 0.25) is 0 Å². The molecule has 0 aliphatic rings. The van der Waals surface area contributed by atoms with Crippen molar-refractivity contribution in [2.75, 3.05) is 0 Å². The number of nitrogens with one attached hydrogen (secondary N) is 1. The number of H-pyrrole nitrogens is 1. The average molecular weight is 239 g/mol. The van der Waals surface area contributed by atoms with Crippen LogP contribution in [0.5, 0.6) is 0 Å². The zero-order valence-electron chi connectivity index (χ0n) is 6.09. The zero-order chi connectivity index (χ0) is 11.1. The highest BCUT2D eigenvalue weighted by atomic mass is 35.5. The number of aromatic nitrogens is 2. The highest BCUT2D eigenvalue weighted by Gasteiger charge is 2.44. The first-order valence-corrected chi connectivity index (χ1v) is 3.40. The van der Waals surface area contributed by atoms with Gasteiger partial charge in [-0.15, -0.1) is 0 Å². The van der Waals surface area contributed by atoms with E-state index in [4.69, 9.17) is 11.6 Å². The first-order chi connectivity index (χ1) is 6.14. The van der Waals surface area contributed by atoms with Crippen molar-refractivity contribution in [2.45, 2.75) is 12.4 Å². The lowest BCUT2D eigenvalue weighted by Gasteiger charge is -2.04. The number of rotatable bonds is 0. The van der Waals surface area contributed by atoms with Gasteiger partial charge in [0.25, 0.3) is 0 Å². The van der Waals surface area contributed by atoms with Crippen LogP contribution in [0.15, 0.2) is 0 Å². The number of hydrogen-bond donors (Lipinski definition) is 1. The fraction of sp³-hybridized carbons (Fsp3) is 0.400. The van der Waals surface area contributed by atoms with Gasteiger partial charge in [-0.25, -0.2) is 0 Å². The predicted molar refractivity (Wildman–Crippen MR) is 33.6 cm³/mol. The second kappa shape index (κ2) is 3.04. The standard InChI is InChI=1S/C5HClF6N2/c6-1-2(4(7,8)9)13-14-3(1)5(10,11)12/h(H,13,14). The van der Waals surface area contributed by atoms with Gasteiger partial charge < -0.3 is 0 Å². The highest BCUT2D eigenvalue weighted by Crippen LogP contribution is 2.40. The molecule has 1 rings (SSSR count). The Morgan fingerprint density at radius 3 is 1.71 bits per heavy atom. The molecule has 1 heterocycles. The van der Waals surface area contributed by atoms with Crippen LogP contribution in [0, 0.1) is 0 Å². The molecule has 0 atom stereocenters. The SMILES string of the molecule is FC(F)(F)c1n[nH]c(C(F)(F)F)c1Cl. The summed E-state index contributed by atoms with van der Waals surface area (Å²) >= 11 is 4.86. The minimum atomic E-state index is -5.00. The lowest BCUT2D eigenvalue weighted by Crippen LogP contribution is -2.08. The van der Waals surface area contributed by atoms with Crippen molar-refractivity contribution >= 4 is 11.6 Å². The summed E-state index contributed by atoms with van der Waals surface area (Å²) in [5, 5.41) is 2.18. The maximum Gasteiger partial charge on any atom is 0.436 e. The summed E-state index contributed by atoms with van der Waals surface area (Å²) in [6, 6.07) is 0. The van der Waals surface area contributed by atoms with E-state index >= 15 is 0 Å². The summed E-state index contributed by atoms with van der Waals surface area (Å²) in [5.41, 5.74) is -3.47. The van der Waals surface area contributed by atoms with Crippen molar-refractivity contribution < 1.29 is 26.3 Å². The molecule has 80 valence electrons. The average Bonchev–Trinajstić information content (AvgIpc) is 2.26. The Hall–Kier alpha value is -0.920. The summed E-state index contributed by atoms with van der Waals surface area (Å²) in [6.07, 6.45) is -9.98. The molecule has 1 N–H and O–H groups in total. The van der Waals surface area contributed by atoms with Crippen molar-refractivity contribution in [3.05, 3.63) is 16.4 Å². The number of halogens is 7. The van der Waals surface area contributed by atoms with Gasteiger partial charge in [-0.3, -0.25) is 5.10 Å². The molecular weight excluding hydrogens is 238 g/mol. The Labute approximate surface area is 77.9 Å². The van der Waals surface area contributed by atoms with Crippen LogP contribution in [0.3, 0.4) is 0 Å². The molecule has 0 saturated carbocycles. The minimum absolute atomic E-state index is 1.19. The van der Waals surface area contributed by atoms with Crippen LogP contribution in [0.2, 0.25) is 5.02 Å². The van der Waals surface area contributed by atoms with Crippen molar-refractivity contribution in [1.29, 1.82) is 0 Å². The second-order valence-electron chi connectivity index (χ2n) is 2.26. The summed E-state index contributed by atoms with van der Waals surface area (Å²) in [5.74, 6) is 0. The molecule has 1 aromatic heterocycles. The Kier molecular flexibility index (Phi) is 2.42. The van der Waals surface area contributed by atoms with E-state index in [1.165, 1.54) is 5.10 Å². The van der Waals surface area contributed by atoms with Crippen LogP contribution in [0.25, 0.3) is 0 Å². The third kappa shape index (κ3) is 1.94. The monoisotopic (exact) mass is 238 g/mol. The van der Waals surface area contributed by atoms with E-state index in [1.54, 1.807) is 0 Å². The quantitative estimate of drug-likeness (QED) is 0.691. The molecule has 0 amide bonds. The van der Waals surface area contributed by atoms with E-state index in [2.05, 4.69) is 5.10 Å². The molecule has 0 aliphatic carbocycles. The van der Waals surface area contributed by atoms with Crippen LogP contribution >= 0.6 is 11.6 Å². The van der Waals surface area contributed by atoms with E-state index in [1.807, 2.05) is 0 Å². The van der Waals surface area contributed by atoms with Crippen molar-refractivity contribution in [2.24, 2.45) is 0 Å². The van der Waals surface area contributed by atoms with Gasteiger partial charge in [-0.05, 0) is 0 Å². The van der Waals surface area contributed by atoms with Gasteiger partial charge in [-0.1, -0.05) is 11.6 Å². The second-order valence-corrected chi connectivity index (χ2v) is 2.63. The van der Waals surface area contributed by atoms with Gasteiger partial charge in [0.15, 0.2) is 11.4 Å². The van der Waals surface area contributed by atoms with E-state index in [0.717, 1.165) is 0 Å². The lowest BCUT2D eigenvalue weighted by atomic mass is 10.3. The van der Waals surface area contributed by atoms with Crippen LogP contribution < -0.4 is 0 Å². The maximum absolute atomic E-state index is 11.9. The Morgan fingerprint density at radius 2 is 1.50 bits per heavy atom. The van der Waals surface area contributed by atoms with E-state index < -0.39 is 28.8 Å². The molecule has 1 aromatic rings. The van der Waals surface area contributed by atoms with Crippen LogP contribution in [-0.2, 0) is 12.4 Å². The molecular formula is C5HClF6N2. The van der Waals surface area contributed by atoms with Gasteiger partial charge in [0.1, 0.15) is 5.02 Å². The van der Waals surface area contributed by atoms with Crippen molar-refractivity contribution in [3.63, 3.8) is 0 Å². The fourth-order valence-electron chi connectivity index (χ4n) is 0.704. The summed E-state index contributed by atoms with van der Waals surface area (Å²) in [6.45, 7) is 0. The number of alkyl halides is 6. The Balaban J connectivity index is 3.23. The normalized spacial score (nSPS) is 13.4. The van der Waals surface area contributed by atoms with E-state index in [9.17, 15) is 26.3 Å². The highest BCUT2D eigenvalue weighted by molar-refractivity contribution is 6.32. The molecule has 0 radical (unpaired) electrons. The summed E-state index contributed by atoms with van der Waals surface area (Å²) in [4.78, 5) is 0. The maximum atomic E-state index is 11.9. The van der Waals surface area contributed by atoms with Gasteiger partial charge in [-0.2, -0.15) is 31.4 Å². The largest absolute Gasteiger partial charge is 0.436 e. The topological polar surface area (TPSA) is 28.7 Å². The third-order valence-corrected chi connectivity index (χ3v) is 1.63. The van der Waals surface area contributed by atoms with Crippen molar-refractivity contribution in [3.8, 4) is 0 Å². The molecule has 14 heavy (non-hydrogen) atoms. The molecule has 0 unspecified atom stereocenters. The molecule has 0 saturated heterocycles. The third-order valence-electron chi connectivity index (χ3n) is 1.26. The van der Waals surface area contributed by atoms with Gasteiger partial charge >= 0.3 is 12.4 Å². The van der Waals surface area contributed by atoms with Gasteiger partial charge in [0, 0.05) is 0 Å². The Bertz CT molecular complexity index is 305. The number of aromatic amines is 1. The van der Waals surface area contributed by atoms with Crippen LogP contribution in [0.1, 0.15) is 11.4 Å². The molecule has 0 aliphatic heterocycles. The van der Waals surface area contributed by atoms with Crippen molar-refractivity contribution in [1.82, 2.24) is 10.2 Å². The van der Waals surface area contributed by atoms with Crippen LogP contribution in [-0.4, -0.2) is 10.2 Å². The van der Waals surface area contributed by atoms with Gasteiger partial charge in [0.05, 0.1) is 0 Å². The smallest absolute Gasteiger partial charge is 0.272 e. The molecule has 0 bridgehead atoms. The fourth-order valence-corrected chi connectivity index (χ4v) is 1.00. The first kappa shape index (κ1) is 11.2. The molecule has 0 spiro atoms. The number of hydrogen-bond acceptors (Lipinski definition) is 1. The number of nitrogens with zero attached hydrogens (tertiary/aromatic N) is 1. The van der Waals surface area contributed by atoms with E-state index in [-0.39, 0.29) is 0 Å². The first-order valence-electron chi connectivity index (χ1n) is 3.02. The molecule has 0 fully saturated rings. The lowest BCUT2D eigenvalue weighted by molar-refractivity contribution is -0.142. The summed E-state index contributed by atoms with van der Waals surface area (Å²) in [7, 11) is 0. The Morgan fingerprint density at radius 1 is 1.00 bits per heavy atom. The predicted octanol–water partition coefficient (Wildman–Crippen LogP) is 3.10. The zero-order valence-corrected chi connectivity index (χ0v) is 6.85. The summed E-state index contributed by atoms with van der Waals surface area (Å²) < 4.78 is 71.5. The minimum Gasteiger partial charge on any atom is -0.272 e. The molecule has 0 aromatic carbocycles.